The molecule has 0 aliphatic carbocycles. The van der Waals surface area contributed by atoms with E-state index in [2.05, 4.69) is 42.2 Å². The predicted molar refractivity (Wildman–Crippen MR) is 122 cm³/mol. The first-order chi connectivity index (χ1) is 14.3. The monoisotopic (exact) mass is 446 g/mol. The van der Waals surface area contributed by atoms with Crippen molar-refractivity contribution in [3.8, 4) is 0 Å². The lowest BCUT2D eigenvalue weighted by molar-refractivity contribution is 0.137. The molecule has 1 spiro atoms. The molecule has 0 bridgehead atoms. The molecule has 4 rings (SSSR count). The fourth-order valence-corrected chi connectivity index (χ4v) is 7.21. The van der Waals surface area contributed by atoms with Crippen molar-refractivity contribution in [1.29, 1.82) is 0 Å². The average Bonchev–Trinajstić information content (AvgIpc) is 3.14. The SMILES string of the molecule is Cc1c(Cl)cccc1S(=O)(=O)N1CCCC2(CCN(C(C)Cc3ccccc3)C2)C1. The normalized spacial score (nSPS) is 24.4. The van der Waals surface area contributed by atoms with Gasteiger partial charge < -0.3 is 0 Å². The molecule has 0 aromatic heterocycles. The van der Waals surface area contributed by atoms with E-state index in [1.54, 1.807) is 29.4 Å². The van der Waals surface area contributed by atoms with Crippen LogP contribution in [-0.2, 0) is 16.4 Å². The van der Waals surface area contributed by atoms with Crippen molar-refractivity contribution in [2.45, 2.75) is 50.5 Å². The van der Waals surface area contributed by atoms with E-state index < -0.39 is 10.0 Å². The molecule has 4 nitrogen and oxygen atoms in total. The largest absolute Gasteiger partial charge is 0.300 e. The lowest BCUT2D eigenvalue weighted by atomic mass is 9.80. The summed E-state index contributed by atoms with van der Waals surface area (Å²) in [5, 5.41) is 0.504. The number of hydrogen-bond acceptors (Lipinski definition) is 3. The van der Waals surface area contributed by atoms with Gasteiger partial charge in [0.25, 0.3) is 0 Å². The Morgan fingerprint density at radius 1 is 1.03 bits per heavy atom. The number of rotatable bonds is 5. The second-order valence-corrected chi connectivity index (χ2v) is 11.4. The molecule has 162 valence electrons. The van der Waals surface area contributed by atoms with Crippen LogP contribution in [0.2, 0.25) is 5.02 Å². The quantitative estimate of drug-likeness (QED) is 0.665. The van der Waals surface area contributed by atoms with Crippen molar-refractivity contribution >= 4 is 21.6 Å². The highest BCUT2D eigenvalue weighted by molar-refractivity contribution is 7.89. The van der Waals surface area contributed by atoms with Crippen molar-refractivity contribution in [3.05, 3.63) is 64.7 Å². The van der Waals surface area contributed by atoms with E-state index in [9.17, 15) is 8.42 Å². The lowest BCUT2D eigenvalue weighted by Crippen LogP contribution is -2.48. The molecule has 30 heavy (non-hydrogen) atoms. The molecule has 2 unspecified atom stereocenters. The zero-order valence-corrected chi connectivity index (χ0v) is 19.4. The molecule has 2 aliphatic heterocycles. The van der Waals surface area contributed by atoms with E-state index >= 15 is 0 Å². The van der Waals surface area contributed by atoms with Crippen LogP contribution < -0.4 is 0 Å². The first-order valence-corrected chi connectivity index (χ1v) is 12.7. The molecule has 2 fully saturated rings. The Hall–Kier alpha value is -1.40. The Balaban J connectivity index is 1.48. The third kappa shape index (κ3) is 4.31. The van der Waals surface area contributed by atoms with Gasteiger partial charge in [-0.25, -0.2) is 8.42 Å². The summed E-state index contributed by atoms with van der Waals surface area (Å²) in [6.07, 6.45) is 4.11. The topological polar surface area (TPSA) is 40.6 Å². The summed E-state index contributed by atoms with van der Waals surface area (Å²) in [6.45, 7) is 7.29. The van der Waals surface area contributed by atoms with Gasteiger partial charge in [-0.2, -0.15) is 4.31 Å². The molecule has 2 aromatic carbocycles. The average molecular weight is 447 g/mol. The van der Waals surface area contributed by atoms with Crippen LogP contribution in [0.1, 0.15) is 37.3 Å². The smallest absolute Gasteiger partial charge is 0.243 e. The lowest BCUT2D eigenvalue weighted by Gasteiger charge is -2.40. The third-order valence-corrected chi connectivity index (χ3v) is 9.33. The van der Waals surface area contributed by atoms with E-state index in [1.807, 2.05) is 0 Å². The van der Waals surface area contributed by atoms with Crippen molar-refractivity contribution in [3.63, 3.8) is 0 Å². The molecule has 0 saturated carbocycles. The summed E-state index contributed by atoms with van der Waals surface area (Å²) in [4.78, 5) is 2.90. The van der Waals surface area contributed by atoms with Crippen LogP contribution in [0.5, 0.6) is 0 Å². The number of likely N-dealkylation sites (tertiary alicyclic amines) is 1. The van der Waals surface area contributed by atoms with Crippen molar-refractivity contribution in [2.24, 2.45) is 5.41 Å². The van der Waals surface area contributed by atoms with Gasteiger partial charge in [0.15, 0.2) is 0 Å². The highest BCUT2D eigenvalue weighted by Crippen LogP contribution is 2.41. The molecular formula is C24H31ClN2O2S. The number of benzene rings is 2. The first kappa shape index (κ1) is 21.8. The van der Waals surface area contributed by atoms with Crippen LogP contribution in [0.25, 0.3) is 0 Å². The van der Waals surface area contributed by atoms with Crippen LogP contribution in [0, 0.1) is 12.3 Å². The zero-order chi connectivity index (χ0) is 21.4. The van der Waals surface area contributed by atoms with Gasteiger partial charge >= 0.3 is 0 Å². The number of hydrogen-bond donors (Lipinski definition) is 0. The maximum absolute atomic E-state index is 13.4. The molecule has 2 aliphatic rings. The van der Waals surface area contributed by atoms with Gasteiger partial charge in [-0.3, -0.25) is 4.90 Å². The van der Waals surface area contributed by atoms with Crippen molar-refractivity contribution < 1.29 is 8.42 Å². The van der Waals surface area contributed by atoms with Crippen LogP contribution in [0.15, 0.2) is 53.4 Å². The summed E-state index contributed by atoms with van der Waals surface area (Å²) in [5.41, 5.74) is 2.06. The van der Waals surface area contributed by atoms with Crippen molar-refractivity contribution in [1.82, 2.24) is 9.21 Å². The predicted octanol–water partition coefficient (Wildman–Crippen LogP) is 4.76. The summed E-state index contributed by atoms with van der Waals surface area (Å²) < 4.78 is 28.5. The highest BCUT2D eigenvalue weighted by Gasteiger charge is 2.45. The Bertz CT molecular complexity index is 996. The van der Waals surface area contributed by atoms with E-state index in [-0.39, 0.29) is 5.41 Å². The van der Waals surface area contributed by atoms with Crippen LogP contribution in [0.4, 0.5) is 0 Å². The summed E-state index contributed by atoms with van der Waals surface area (Å²) in [5.74, 6) is 0. The molecule has 0 radical (unpaired) electrons. The van der Waals surface area contributed by atoms with Crippen LogP contribution in [0.3, 0.4) is 0 Å². The maximum Gasteiger partial charge on any atom is 0.243 e. The third-order valence-electron chi connectivity index (χ3n) is 6.93. The zero-order valence-electron chi connectivity index (χ0n) is 17.9. The Morgan fingerprint density at radius 2 is 1.80 bits per heavy atom. The second-order valence-electron chi connectivity index (χ2n) is 9.06. The summed E-state index contributed by atoms with van der Waals surface area (Å²) in [6, 6.07) is 16.2. The van der Waals surface area contributed by atoms with Gasteiger partial charge in [-0.1, -0.05) is 48.0 Å². The molecule has 6 heteroatoms. The minimum Gasteiger partial charge on any atom is -0.300 e. The molecule has 0 N–H and O–H groups in total. The number of piperidine rings is 1. The van der Waals surface area contributed by atoms with Gasteiger partial charge in [0.2, 0.25) is 10.0 Å². The molecule has 0 amide bonds. The fraction of sp³-hybridized carbons (Fsp3) is 0.500. The molecular weight excluding hydrogens is 416 g/mol. The fourth-order valence-electron chi connectivity index (χ4n) is 5.14. The Labute approximate surface area is 185 Å². The maximum atomic E-state index is 13.4. The molecule has 2 atom stereocenters. The van der Waals surface area contributed by atoms with Crippen LogP contribution >= 0.6 is 11.6 Å². The minimum absolute atomic E-state index is 0.0583. The molecule has 2 heterocycles. The Kier molecular flexibility index (Phi) is 6.27. The molecule has 2 aromatic rings. The van der Waals surface area contributed by atoms with E-state index in [0.717, 1.165) is 38.8 Å². The summed E-state index contributed by atoms with van der Waals surface area (Å²) in [7, 11) is -3.53. The highest BCUT2D eigenvalue weighted by atomic mass is 35.5. The number of nitrogens with zero attached hydrogens (tertiary/aromatic N) is 2. The second kappa shape index (κ2) is 8.62. The number of halogens is 1. The van der Waals surface area contributed by atoms with Gasteiger partial charge in [0.1, 0.15) is 0 Å². The van der Waals surface area contributed by atoms with Crippen molar-refractivity contribution in [2.75, 3.05) is 26.2 Å². The minimum atomic E-state index is -3.53. The number of sulfonamides is 1. The van der Waals surface area contributed by atoms with E-state index in [4.69, 9.17) is 11.6 Å². The van der Waals surface area contributed by atoms with Gasteiger partial charge in [0, 0.05) is 30.7 Å². The van der Waals surface area contributed by atoms with Gasteiger partial charge in [-0.05, 0) is 74.8 Å². The van der Waals surface area contributed by atoms with E-state index in [1.165, 1.54) is 5.56 Å². The summed E-state index contributed by atoms with van der Waals surface area (Å²) >= 11 is 6.21. The van der Waals surface area contributed by atoms with Gasteiger partial charge in [0.05, 0.1) is 4.90 Å². The van der Waals surface area contributed by atoms with Gasteiger partial charge in [-0.15, -0.1) is 0 Å². The van der Waals surface area contributed by atoms with Crippen LogP contribution in [-0.4, -0.2) is 49.8 Å². The standard InChI is InChI=1S/C24H31ClN2O2S/c1-19(16-21-8-4-3-5-9-21)26-15-13-24(17-26)12-7-14-27(18-24)30(28,29)23-11-6-10-22(25)20(23)2/h3-6,8-11,19H,7,12-18H2,1-2H3. The Morgan fingerprint density at radius 3 is 2.57 bits per heavy atom. The molecule has 2 saturated heterocycles. The van der Waals surface area contributed by atoms with E-state index in [0.29, 0.717) is 34.6 Å². The first-order valence-electron chi connectivity index (χ1n) is 10.8.